The number of benzene rings is 2. The zero-order chi connectivity index (χ0) is 24.0. The molecule has 3 unspecified atom stereocenters. The molecule has 1 aliphatic rings. The number of nitrogens with one attached hydrogen (secondary N) is 2. The fourth-order valence-electron chi connectivity index (χ4n) is 3.46. The summed E-state index contributed by atoms with van der Waals surface area (Å²) in [4.78, 5) is 48.3. The molecular formula is C24H24N2O6S. The summed E-state index contributed by atoms with van der Waals surface area (Å²) in [7, 11) is 0. The van der Waals surface area contributed by atoms with Crippen LogP contribution >= 0.6 is 11.8 Å². The number of anilines is 2. The van der Waals surface area contributed by atoms with Gasteiger partial charge in [0, 0.05) is 16.3 Å². The molecule has 0 fully saturated rings. The molecule has 0 bridgehead atoms. The van der Waals surface area contributed by atoms with Crippen LogP contribution in [0.3, 0.4) is 0 Å². The van der Waals surface area contributed by atoms with E-state index in [2.05, 4.69) is 10.6 Å². The Morgan fingerprint density at radius 2 is 1.58 bits per heavy atom. The van der Waals surface area contributed by atoms with Crippen LogP contribution in [0.25, 0.3) is 0 Å². The number of rotatable bonds is 8. The molecule has 0 aromatic heterocycles. The maximum Gasteiger partial charge on any atom is 0.335 e. The Hall–Kier alpha value is -3.59. The van der Waals surface area contributed by atoms with Gasteiger partial charge in [0.15, 0.2) is 0 Å². The Morgan fingerprint density at radius 1 is 0.909 bits per heavy atom. The second kappa shape index (κ2) is 10.8. The molecule has 2 amide bonds. The van der Waals surface area contributed by atoms with Crippen molar-refractivity contribution in [1.29, 1.82) is 0 Å². The molecule has 2 aromatic rings. The lowest BCUT2D eigenvalue weighted by molar-refractivity contribution is -0.146. The second-order valence-corrected chi connectivity index (χ2v) is 9.06. The van der Waals surface area contributed by atoms with Gasteiger partial charge in [-0.15, -0.1) is 11.8 Å². The van der Waals surface area contributed by atoms with Crippen molar-refractivity contribution in [2.75, 3.05) is 10.6 Å². The number of aliphatic carboxylic acids is 1. The normalized spacial score (nSPS) is 18.2. The summed E-state index contributed by atoms with van der Waals surface area (Å²) < 4.78 is 0. The van der Waals surface area contributed by atoms with Gasteiger partial charge in [0.1, 0.15) is 0 Å². The molecule has 2 aromatic carbocycles. The van der Waals surface area contributed by atoms with Crippen LogP contribution < -0.4 is 10.6 Å². The minimum Gasteiger partial charge on any atom is -0.481 e. The van der Waals surface area contributed by atoms with E-state index >= 15 is 0 Å². The van der Waals surface area contributed by atoms with Crippen molar-refractivity contribution in [3.8, 4) is 0 Å². The molecule has 1 aliphatic carbocycles. The van der Waals surface area contributed by atoms with Gasteiger partial charge >= 0.3 is 11.9 Å². The van der Waals surface area contributed by atoms with Gasteiger partial charge in [-0.2, -0.15) is 0 Å². The number of hydrogen-bond acceptors (Lipinski definition) is 5. The summed E-state index contributed by atoms with van der Waals surface area (Å²) in [6.07, 6.45) is 4.34. The Kier molecular flexibility index (Phi) is 7.89. The number of carboxylic acids is 2. The third-order valence-corrected chi connectivity index (χ3v) is 6.38. The molecule has 0 aliphatic heterocycles. The fraction of sp³-hybridized carbons (Fsp3) is 0.250. The number of carbonyl (C=O) groups excluding carboxylic acids is 2. The first kappa shape index (κ1) is 24.1. The number of carbonyl (C=O) groups is 4. The second-order valence-electron chi connectivity index (χ2n) is 7.64. The highest BCUT2D eigenvalue weighted by molar-refractivity contribution is 8.00. The van der Waals surface area contributed by atoms with Gasteiger partial charge in [-0.25, -0.2) is 4.79 Å². The fourth-order valence-corrected chi connectivity index (χ4v) is 4.33. The standard InChI is InChI=1S/C24H24N2O6S/c1-14(21(27)26-17-6-4-5-15(13-17)23(29)30)33-18-11-9-16(10-12-18)25-22(28)19-7-2-3-8-20(19)24(31)32/h2-6,9-14,19-20H,7-8H2,1H3,(H,25,28)(H,26,27)(H,29,30)(H,31,32). The molecule has 0 radical (unpaired) electrons. The van der Waals surface area contributed by atoms with E-state index in [0.717, 1.165) is 4.90 Å². The lowest BCUT2D eigenvalue weighted by Gasteiger charge is -2.24. The molecule has 0 spiro atoms. The Morgan fingerprint density at radius 3 is 2.21 bits per heavy atom. The molecule has 9 heteroatoms. The largest absolute Gasteiger partial charge is 0.481 e. The van der Waals surface area contributed by atoms with Crippen molar-refractivity contribution in [2.24, 2.45) is 11.8 Å². The number of amides is 2. The van der Waals surface area contributed by atoms with Crippen LogP contribution in [0.2, 0.25) is 0 Å². The van der Waals surface area contributed by atoms with Crippen LogP contribution in [0.4, 0.5) is 11.4 Å². The SMILES string of the molecule is CC(Sc1ccc(NC(=O)C2CC=CCC2C(=O)O)cc1)C(=O)Nc1cccc(C(=O)O)c1. The summed E-state index contributed by atoms with van der Waals surface area (Å²) in [5, 5.41) is 23.4. The monoisotopic (exact) mass is 468 g/mol. The molecule has 3 atom stereocenters. The molecule has 0 heterocycles. The average Bonchev–Trinajstić information content (AvgIpc) is 2.80. The van der Waals surface area contributed by atoms with E-state index in [1.54, 1.807) is 49.4 Å². The van der Waals surface area contributed by atoms with Crippen molar-refractivity contribution < 1.29 is 29.4 Å². The minimum atomic E-state index is -1.07. The summed E-state index contributed by atoms with van der Waals surface area (Å²) in [6.45, 7) is 1.74. The Bertz CT molecular complexity index is 1080. The van der Waals surface area contributed by atoms with Gasteiger partial charge in [-0.3, -0.25) is 14.4 Å². The molecule has 0 saturated heterocycles. The van der Waals surface area contributed by atoms with Gasteiger partial charge in [0.25, 0.3) is 0 Å². The maximum atomic E-state index is 12.6. The van der Waals surface area contributed by atoms with E-state index in [1.807, 2.05) is 6.08 Å². The highest BCUT2D eigenvalue weighted by atomic mass is 32.2. The van der Waals surface area contributed by atoms with Crippen LogP contribution in [0, 0.1) is 11.8 Å². The van der Waals surface area contributed by atoms with Gasteiger partial charge in [0.05, 0.1) is 22.6 Å². The number of aromatic carboxylic acids is 1. The quantitative estimate of drug-likeness (QED) is 0.338. The van der Waals surface area contributed by atoms with E-state index < -0.39 is 29.0 Å². The predicted molar refractivity (Wildman–Crippen MR) is 125 cm³/mol. The molecule has 4 N–H and O–H groups in total. The molecule has 172 valence electrons. The summed E-state index contributed by atoms with van der Waals surface area (Å²) >= 11 is 1.31. The highest BCUT2D eigenvalue weighted by Crippen LogP contribution is 2.29. The van der Waals surface area contributed by atoms with E-state index in [0.29, 0.717) is 24.2 Å². The van der Waals surface area contributed by atoms with Crippen LogP contribution in [0.1, 0.15) is 30.1 Å². The van der Waals surface area contributed by atoms with Crippen molar-refractivity contribution in [2.45, 2.75) is 29.9 Å². The first-order valence-electron chi connectivity index (χ1n) is 10.3. The number of allylic oxidation sites excluding steroid dienone is 2. The van der Waals surface area contributed by atoms with Crippen molar-refractivity contribution in [1.82, 2.24) is 0 Å². The van der Waals surface area contributed by atoms with Crippen LogP contribution in [-0.4, -0.2) is 39.2 Å². The summed E-state index contributed by atoms with van der Waals surface area (Å²) in [5.74, 6) is -4.01. The van der Waals surface area contributed by atoms with E-state index in [-0.39, 0.29) is 17.4 Å². The lowest BCUT2D eigenvalue weighted by atomic mass is 9.82. The molecule has 33 heavy (non-hydrogen) atoms. The predicted octanol–water partition coefficient (Wildman–Crippen LogP) is 4.11. The first-order chi connectivity index (χ1) is 15.7. The van der Waals surface area contributed by atoms with Crippen LogP contribution in [-0.2, 0) is 14.4 Å². The van der Waals surface area contributed by atoms with E-state index in [4.69, 9.17) is 5.11 Å². The van der Waals surface area contributed by atoms with Gasteiger partial charge in [0.2, 0.25) is 11.8 Å². The smallest absolute Gasteiger partial charge is 0.335 e. The highest BCUT2D eigenvalue weighted by Gasteiger charge is 2.33. The Balaban J connectivity index is 1.56. The topological polar surface area (TPSA) is 133 Å². The van der Waals surface area contributed by atoms with Gasteiger partial charge < -0.3 is 20.8 Å². The van der Waals surface area contributed by atoms with Crippen molar-refractivity contribution in [3.05, 3.63) is 66.2 Å². The molecule has 0 saturated carbocycles. The third kappa shape index (κ3) is 6.45. The van der Waals surface area contributed by atoms with E-state index in [1.165, 1.54) is 23.9 Å². The Labute approximate surface area is 195 Å². The minimum absolute atomic E-state index is 0.0877. The van der Waals surface area contributed by atoms with E-state index in [9.17, 15) is 24.3 Å². The van der Waals surface area contributed by atoms with Crippen molar-refractivity contribution >= 4 is 46.9 Å². The van der Waals surface area contributed by atoms with Gasteiger partial charge in [-0.05, 0) is 62.2 Å². The van der Waals surface area contributed by atoms with Crippen LogP contribution in [0.5, 0.6) is 0 Å². The zero-order valence-electron chi connectivity index (χ0n) is 17.9. The van der Waals surface area contributed by atoms with Gasteiger partial charge in [-0.1, -0.05) is 18.2 Å². The first-order valence-corrected chi connectivity index (χ1v) is 11.2. The number of hydrogen-bond donors (Lipinski definition) is 4. The van der Waals surface area contributed by atoms with Crippen molar-refractivity contribution in [3.63, 3.8) is 0 Å². The molecular weight excluding hydrogens is 444 g/mol. The number of carboxylic acid groups (broad SMARTS) is 2. The molecule has 3 rings (SSSR count). The maximum absolute atomic E-state index is 12.6. The number of thioether (sulfide) groups is 1. The zero-order valence-corrected chi connectivity index (χ0v) is 18.7. The summed E-state index contributed by atoms with van der Waals surface area (Å²) in [5.41, 5.74) is 1.04. The third-order valence-electron chi connectivity index (χ3n) is 5.27. The average molecular weight is 469 g/mol. The van der Waals surface area contributed by atoms with Crippen LogP contribution in [0.15, 0.2) is 65.6 Å². The lowest BCUT2D eigenvalue weighted by Crippen LogP contribution is -2.34. The molecule has 8 nitrogen and oxygen atoms in total. The summed E-state index contributed by atoms with van der Waals surface area (Å²) in [6, 6.07) is 13.0.